The highest BCUT2D eigenvalue weighted by Crippen LogP contribution is 2.39. The van der Waals surface area contributed by atoms with Gasteiger partial charge in [-0.25, -0.2) is 8.78 Å². The fourth-order valence-corrected chi connectivity index (χ4v) is 4.63. The highest BCUT2D eigenvalue weighted by atomic mass is 19.2. The van der Waals surface area contributed by atoms with Crippen molar-refractivity contribution in [3.63, 3.8) is 0 Å². The zero-order valence-corrected chi connectivity index (χ0v) is 15.9. The van der Waals surface area contributed by atoms with E-state index in [-0.39, 0.29) is 11.3 Å². The second-order valence-electron chi connectivity index (χ2n) is 8.13. The van der Waals surface area contributed by atoms with Crippen molar-refractivity contribution < 1.29 is 13.6 Å². The highest BCUT2D eigenvalue weighted by Gasteiger charge is 2.42. The van der Waals surface area contributed by atoms with Crippen molar-refractivity contribution in [2.24, 2.45) is 5.41 Å². The molecule has 1 aromatic carbocycles. The van der Waals surface area contributed by atoms with Crippen LogP contribution in [0, 0.1) is 17.0 Å². The first-order chi connectivity index (χ1) is 13.5. The molecule has 1 atom stereocenters. The van der Waals surface area contributed by atoms with Gasteiger partial charge in [0, 0.05) is 49.6 Å². The summed E-state index contributed by atoms with van der Waals surface area (Å²) in [5.41, 5.74) is 1.40. The molecule has 148 valence electrons. The van der Waals surface area contributed by atoms with Gasteiger partial charge in [-0.15, -0.1) is 0 Å². The summed E-state index contributed by atoms with van der Waals surface area (Å²) in [6, 6.07) is 8.13. The van der Waals surface area contributed by atoms with Gasteiger partial charge in [0.2, 0.25) is 5.91 Å². The average molecular weight is 385 g/mol. The minimum absolute atomic E-state index is 0.0622. The predicted molar refractivity (Wildman–Crippen MR) is 102 cm³/mol. The molecule has 1 spiro atoms. The topological polar surface area (TPSA) is 36.4 Å². The lowest BCUT2D eigenvalue weighted by Crippen LogP contribution is -2.45. The van der Waals surface area contributed by atoms with E-state index in [0.717, 1.165) is 57.1 Å². The number of hydrogen-bond acceptors (Lipinski definition) is 3. The number of carbonyl (C=O) groups is 1. The van der Waals surface area contributed by atoms with Crippen LogP contribution >= 0.6 is 0 Å². The van der Waals surface area contributed by atoms with Crippen LogP contribution in [0.3, 0.4) is 0 Å². The molecule has 2 aromatic rings. The maximum absolute atomic E-state index is 14.0. The third kappa shape index (κ3) is 4.07. The largest absolute Gasteiger partial charge is 0.342 e. The van der Waals surface area contributed by atoms with E-state index in [1.54, 1.807) is 24.5 Å². The number of hydrogen-bond donors (Lipinski definition) is 0. The first-order valence-corrected chi connectivity index (χ1v) is 9.87. The summed E-state index contributed by atoms with van der Waals surface area (Å²) in [4.78, 5) is 20.9. The van der Waals surface area contributed by atoms with Crippen LogP contribution in [0.1, 0.15) is 30.4 Å². The van der Waals surface area contributed by atoms with Crippen molar-refractivity contribution in [2.45, 2.75) is 32.2 Å². The van der Waals surface area contributed by atoms with E-state index in [4.69, 9.17) is 0 Å². The zero-order chi connectivity index (χ0) is 19.6. The first-order valence-electron chi connectivity index (χ1n) is 9.87. The third-order valence-corrected chi connectivity index (χ3v) is 6.04. The van der Waals surface area contributed by atoms with Crippen molar-refractivity contribution in [3.05, 3.63) is 65.5 Å². The summed E-state index contributed by atoms with van der Waals surface area (Å²) in [6.07, 6.45) is 6.87. The molecule has 4 rings (SSSR count). The van der Waals surface area contributed by atoms with Gasteiger partial charge < -0.3 is 4.90 Å². The second kappa shape index (κ2) is 7.95. The molecular weight excluding hydrogens is 360 g/mol. The van der Waals surface area contributed by atoms with Gasteiger partial charge in [-0.1, -0.05) is 18.2 Å². The van der Waals surface area contributed by atoms with Crippen molar-refractivity contribution in [2.75, 3.05) is 26.2 Å². The Balaban J connectivity index is 1.38. The number of carbonyl (C=O) groups excluding carboxylic acids is 1. The standard InChI is InChI=1S/C22H25F2N3O/c23-19-6-1-5-18(21(19)24)14-26-10-3-7-22(15-26)8-11-27(16-22)20(28)12-17-4-2-9-25-13-17/h1-2,4-6,9,13H,3,7-8,10-12,14-16H2/t22-/m0/s1. The Morgan fingerprint density at radius 2 is 2.00 bits per heavy atom. The van der Waals surface area contributed by atoms with Crippen LogP contribution in [0.2, 0.25) is 0 Å². The van der Waals surface area contributed by atoms with Gasteiger partial charge in [-0.05, 0) is 43.5 Å². The van der Waals surface area contributed by atoms with E-state index in [2.05, 4.69) is 9.88 Å². The quantitative estimate of drug-likeness (QED) is 0.809. The Morgan fingerprint density at radius 3 is 2.82 bits per heavy atom. The third-order valence-electron chi connectivity index (χ3n) is 6.04. The number of aromatic nitrogens is 1. The molecule has 0 aliphatic carbocycles. The number of pyridine rings is 1. The number of amides is 1. The molecule has 0 saturated carbocycles. The van der Waals surface area contributed by atoms with Crippen LogP contribution in [-0.2, 0) is 17.8 Å². The fraction of sp³-hybridized carbons (Fsp3) is 0.455. The van der Waals surface area contributed by atoms with Gasteiger partial charge in [0.25, 0.3) is 0 Å². The lowest BCUT2D eigenvalue weighted by molar-refractivity contribution is -0.130. The predicted octanol–water partition coefficient (Wildman–Crippen LogP) is 3.42. The van der Waals surface area contributed by atoms with Gasteiger partial charge in [0.15, 0.2) is 11.6 Å². The Hall–Kier alpha value is -2.34. The Bertz CT molecular complexity index is 845. The minimum Gasteiger partial charge on any atom is -0.342 e. The van der Waals surface area contributed by atoms with Crippen molar-refractivity contribution in [3.8, 4) is 0 Å². The van der Waals surface area contributed by atoms with E-state index < -0.39 is 11.6 Å². The summed E-state index contributed by atoms with van der Waals surface area (Å²) in [5.74, 6) is -1.41. The van der Waals surface area contributed by atoms with Crippen LogP contribution in [0.4, 0.5) is 8.78 Å². The molecule has 2 aliphatic heterocycles. The number of halogens is 2. The normalized spacial score (nSPS) is 22.7. The van der Waals surface area contributed by atoms with Crippen LogP contribution in [0.25, 0.3) is 0 Å². The fourth-order valence-electron chi connectivity index (χ4n) is 4.63. The summed E-state index contributed by atoms with van der Waals surface area (Å²) in [7, 11) is 0. The van der Waals surface area contributed by atoms with Gasteiger partial charge in [0.05, 0.1) is 6.42 Å². The first kappa shape index (κ1) is 19.0. The Morgan fingerprint density at radius 1 is 1.11 bits per heavy atom. The Labute approximate surface area is 164 Å². The summed E-state index contributed by atoms with van der Waals surface area (Å²) in [6.45, 7) is 3.62. The molecule has 2 saturated heterocycles. The van der Waals surface area contributed by atoms with Crippen LogP contribution in [0.15, 0.2) is 42.7 Å². The number of piperidine rings is 1. The summed E-state index contributed by atoms with van der Waals surface area (Å²) < 4.78 is 27.5. The molecule has 1 aromatic heterocycles. The Kier molecular flexibility index (Phi) is 5.40. The molecule has 6 heteroatoms. The van der Waals surface area contributed by atoms with Crippen LogP contribution < -0.4 is 0 Å². The molecule has 0 unspecified atom stereocenters. The van der Waals surface area contributed by atoms with E-state index in [0.29, 0.717) is 18.5 Å². The molecule has 4 nitrogen and oxygen atoms in total. The van der Waals surface area contributed by atoms with Gasteiger partial charge in [0.1, 0.15) is 0 Å². The SMILES string of the molecule is O=C(Cc1cccnc1)N1CC[C@]2(CCCN(Cc3cccc(F)c3F)C2)C1. The van der Waals surface area contributed by atoms with E-state index in [9.17, 15) is 13.6 Å². The second-order valence-corrected chi connectivity index (χ2v) is 8.13. The summed E-state index contributed by atoms with van der Waals surface area (Å²) >= 11 is 0. The average Bonchev–Trinajstić information content (AvgIpc) is 3.10. The number of nitrogens with zero attached hydrogens (tertiary/aromatic N) is 3. The molecule has 1 amide bonds. The van der Waals surface area contributed by atoms with Crippen molar-refractivity contribution >= 4 is 5.91 Å². The van der Waals surface area contributed by atoms with Crippen molar-refractivity contribution in [1.82, 2.24) is 14.8 Å². The van der Waals surface area contributed by atoms with E-state index in [1.165, 1.54) is 0 Å². The summed E-state index contributed by atoms with van der Waals surface area (Å²) in [5, 5.41) is 0. The highest BCUT2D eigenvalue weighted by molar-refractivity contribution is 5.79. The zero-order valence-electron chi connectivity index (χ0n) is 15.9. The maximum Gasteiger partial charge on any atom is 0.227 e. The molecule has 2 aliphatic rings. The number of likely N-dealkylation sites (tertiary alicyclic amines) is 2. The molecular formula is C22H25F2N3O. The van der Waals surface area contributed by atoms with Crippen molar-refractivity contribution in [1.29, 1.82) is 0 Å². The molecule has 0 bridgehead atoms. The molecule has 0 N–H and O–H groups in total. The van der Waals surface area contributed by atoms with Gasteiger partial charge in [-0.2, -0.15) is 0 Å². The monoisotopic (exact) mass is 385 g/mol. The molecule has 28 heavy (non-hydrogen) atoms. The molecule has 0 radical (unpaired) electrons. The molecule has 2 fully saturated rings. The van der Waals surface area contributed by atoms with Gasteiger partial charge >= 0.3 is 0 Å². The van der Waals surface area contributed by atoms with E-state index in [1.807, 2.05) is 17.0 Å². The smallest absolute Gasteiger partial charge is 0.227 e. The maximum atomic E-state index is 14.0. The lowest BCUT2D eigenvalue weighted by Gasteiger charge is -2.40. The number of rotatable bonds is 4. The van der Waals surface area contributed by atoms with Crippen LogP contribution in [0.5, 0.6) is 0 Å². The van der Waals surface area contributed by atoms with Crippen LogP contribution in [-0.4, -0.2) is 46.9 Å². The lowest BCUT2D eigenvalue weighted by atomic mass is 9.79. The van der Waals surface area contributed by atoms with E-state index >= 15 is 0 Å². The number of benzene rings is 1. The minimum atomic E-state index is -0.794. The molecule has 3 heterocycles. The van der Waals surface area contributed by atoms with Gasteiger partial charge in [-0.3, -0.25) is 14.7 Å².